The molecule has 0 spiro atoms. The molecule has 0 aromatic heterocycles. The van der Waals surface area contributed by atoms with E-state index in [9.17, 15) is 14.9 Å². The van der Waals surface area contributed by atoms with Crippen molar-refractivity contribution in [2.45, 2.75) is 26.3 Å². The minimum absolute atomic E-state index is 0.00473. The second-order valence-corrected chi connectivity index (χ2v) is 5.01. The summed E-state index contributed by atoms with van der Waals surface area (Å²) in [6.07, 6.45) is 0.592. The Morgan fingerprint density at radius 1 is 1.38 bits per heavy atom. The van der Waals surface area contributed by atoms with Crippen LogP contribution >= 0.6 is 0 Å². The van der Waals surface area contributed by atoms with Crippen LogP contribution in [-0.2, 0) is 4.79 Å². The Morgan fingerprint density at radius 3 is 2.48 bits per heavy atom. The van der Waals surface area contributed by atoms with Crippen molar-refractivity contribution in [2.24, 2.45) is 5.92 Å². The van der Waals surface area contributed by atoms with Crippen LogP contribution in [0, 0.1) is 27.4 Å². The highest BCUT2D eigenvalue weighted by Gasteiger charge is 2.19. The average Bonchev–Trinajstić information content (AvgIpc) is 2.44. The zero-order chi connectivity index (χ0) is 15.8. The Bertz CT molecular complexity index is 534. The fourth-order valence-corrected chi connectivity index (χ4v) is 1.83. The molecule has 0 heterocycles. The van der Waals surface area contributed by atoms with Crippen LogP contribution in [-0.4, -0.2) is 23.4 Å². The van der Waals surface area contributed by atoms with Gasteiger partial charge in [-0.25, -0.2) is 0 Å². The van der Waals surface area contributed by atoms with Gasteiger partial charge in [-0.05, 0) is 24.5 Å². The molecule has 1 amide bonds. The monoisotopic (exact) mass is 290 g/mol. The fourth-order valence-electron chi connectivity index (χ4n) is 1.83. The number of hydrogen-bond acceptors (Lipinski definition) is 5. The van der Waals surface area contributed by atoms with E-state index in [0.29, 0.717) is 12.1 Å². The van der Waals surface area contributed by atoms with Gasteiger partial charge in [-0.1, -0.05) is 13.8 Å². The Balaban J connectivity index is 2.78. The molecule has 1 rings (SSSR count). The quantitative estimate of drug-likeness (QED) is 0.454. The van der Waals surface area contributed by atoms with Crippen molar-refractivity contribution in [1.29, 1.82) is 5.26 Å². The van der Waals surface area contributed by atoms with Crippen molar-refractivity contribution in [2.75, 3.05) is 11.9 Å². The maximum absolute atomic E-state index is 12.0. The Hall–Kier alpha value is -2.62. The highest BCUT2D eigenvalue weighted by molar-refractivity contribution is 5.84. The molecule has 0 aliphatic rings. The summed E-state index contributed by atoms with van der Waals surface area (Å²) >= 11 is 0. The van der Waals surface area contributed by atoms with E-state index in [1.807, 2.05) is 19.9 Å². The predicted molar refractivity (Wildman–Crippen MR) is 78.6 cm³/mol. The van der Waals surface area contributed by atoms with E-state index in [1.165, 1.54) is 12.1 Å². The molecule has 0 saturated carbocycles. The Labute approximate surface area is 123 Å². The van der Waals surface area contributed by atoms with Crippen molar-refractivity contribution in [1.82, 2.24) is 5.32 Å². The molecule has 0 aliphatic heterocycles. The van der Waals surface area contributed by atoms with E-state index in [4.69, 9.17) is 5.26 Å². The number of non-ortho nitro benzene ring substituents is 1. The Morgan fingerprint density at radius 2 is 2.00 bits per heavy atom. The van der Waals surface area contributed by atoms with Crippen molar-refractivity contribution in [3.05, 3.63) is 34.4 Å². The third-order valence-electron chi connectivity index (χ3n) is 2.78. The molecule has 112 valence electrons. The number of nitrogens with zero attached hydrogens (tertiary/aromatic N) is 2. The number of carbonyl (C=O) groups excluding carboxylic acids is 1. The lowest BCUT2D eigenvalue weighted by Gasteiger charge is -2.20. The van der Waals surface area contributed by atoms with Gasteiger partial charge < -0.3 is 10.6 Å². The number of nitrogens with one attached hydrogen (secondary N) is 2. The van der Waals surface area contributed by atoms with E-state index >= 15 is 0 Å². The number of anilines is 1. The minimum atomic E-state index is -0.486. The SMILES string of the molecule is CC(C)C[C@H](Nc1ccc([N+](=O)[O-])cc1)C(=O)NCC#N. The van der Waals surface area contributed by atoms with E-state index in [0.717, 1.165) is 0 Å². The summed E-state index contributed by atoms with van der Waals surface area (Å²) in [7, 11) is 0. The van der Waals surface area contributed by atoms with E-state index in [1.54, 1.807) is 12.1 Å². The number of benzene rings is 1. The molecule has 0 unspecified atom stereocenters. The summed E-state index contributed by atoms with van der Waals surface area (Å²) in [5.41, 5.74) is 0.619. The van der Waals surface area contributed by atoms with Gasteiger partial charge in [0.1, 0.15) is 12.6 Å². The van der Waals surface area contributed by atoms with Crippen LogP contribution in [0.5, 0.6) is 0 Å². The standard InChI is InChI=1S/C14H18N4O3/c1-10(2)9-13(14(19)16-8-7-15)17-11-3-5-12(6-4-11)18(20)21/h3-6,10,13,17H,8-9H2,1-2H3,(H,16,19)/t13-/m0/s1. The number of amides is 1. The highest BCUT2D eigenvalue weighted by Crippen LogP contribution is 2.18. The molecular formula is C14H18N4O3. The van der Waals surface area contributed by atoms with Crippen LogP contribution < -0.4 is 10.6 Å². The number of carbonyl (C=O) groups is 1. The van der Waals surface area contributed by atoms with Gasteiger partial charge >= 0.3 is 0 Å². The van der Waals surface area contributed by atoms with Crippen LogP contribution in [0.25, 0.3) is 0 Å². The van der Waals surface area contributed by atoms with Gasteiger partial charge in [0, 0.05) is 17.8 Å². The molecule has 0 aliphatic carbocycles. The van der Waals surface area contributed by atoms with Gasteiger partial charge in [-0.15, -0.1) is 0 Å². The highest BCUT2D eigenvalue weighted by atomic mass is 16.6. The summed E-state index contributed by atoms with van der Waals surface area (Å²) in [6.45, 7) is 3.93. The summed E-state index contributed by atoms with van der Waals surface area (Å²) in [5, 5.41) is 24.7. The first-order chi connectivity index (χ1) is 9.93. The number of nitriles is 1. The van der Waals surface area contributed by atoms with Crippen molar-refractivity contribution < 1.29 is 9.72 Å². The zero-order valence-electron chi connectivity index (χ0n) is 12.0. The number of rotatable bonds is 7. The third-order valence-corrected chi connectivity index (χ3v) is 2.78. The molecule has 0 radical (unpaired) electrons. The second-order valence-electron chi connectivity index (χ2n) is 5.01. The normalized spacial score (nSPS) is 11.5. The molecule has 0 fully saturated rings. The first kappa shape index (κ1) is 16.4. The first-order valence-electron chi connectivity index (χ1n) is 6.59. The van der Waals surface area contributed by atoms with Gasteiger partial charge in [0.05, 0.1) is 11.0 Å². The summed E-state index contributed by atoms with van der Waals surface area (Å²) in [4.78, 5) is 22.1. The third kappa shape index (κ3) is 5.48. The summed E-state index contributed by atoms with van der Waals surface area (Å²) in [5.74, 6) is 0.0250. The smallest absolute Gasteiger partial charge is 0.269 e. The van der Waals surface area contributed by atoms with Crippen LogP contribution in [0.4, 0.5) is 11.4 Å². The van der Waals surface area contributed by atoms with Crippen molar-refractivity contribution in [3.63, 3.8) is 0 Å². The average molecular weight is 290 g/mol. The molecule has 7 heteroatoms. The summed E-state index contributed by atoms with van der Waals surface area (Å²) in [6, 6.07) is 7.24. The lowest BCUT2D eigenvalue weighted by molar-refractivity contribution is -0.384. The van der Waals surface area contributed by atoms with E-state index in [-0.39, 0.29) is 24.1 Å². The number of nitro groups is 1. The Kier molecular flexibility index (Phi) is 6.14. The van der Waals surface area contributed by atoms with Gasteiger partial charge in [-0.3, -0.25) is 14.9 Å². The molecule has 0 saturated heterocycles. The van der Waals surface area contributed by atoms with Crippen LogP contribution in [0.15, 0.2) is 24.3 Å². The maximum Gasteiger partial charge on any atom is 0.269 e. The number of nitro benzene ring substituents is 1. The first-order valence-corrected chi connectivity index (χ1v) is 6.59. The lowest BCUT2D eigenvalue weighted by Crippen LogP contribution is -2.40. The topological polar surface area (TPSA) is 108 Å². The predicted octanol–water partition coefficient (Wildman–Crippen LogP) is 2.06. The molecule has 7 nitrogen and oxygen atoms in total. The van der Waals surface area contributed by atoms with Gasteiger partial charge in [-0.2, -0.15) is 5.26 Å². The largest absolute Gasteiger partial charge is 0.374 e. The van der Waals surface area contributed by atoms with E-state index in [2.05, 4.69) is 10.6 Å². The molecular weight excluding hydrogens is 272 g/mol. The lowest BCUT2D eigenvalue weighted by atomic mass is 10.0. The molecule has 0 bridgehead atoms. The summed E-state index contributed by atoms with van der Waals surface area (Å²) < 4.78 is 0. The fraction of sp³-hybridized carbons (Fsp3) is 0.429. The second kappa shape index (κ2) is 7.85. The zero-order valence-corrected chi connectivity index (χ0v) is 12.0. The molecule has 21 heavy (non-hydrogen) atoms. The number of hydrogen-bond donors (Lipinski definition) is 2. The molecule has 1 atom stereocenters. The van der Waals surface area contributed by atoms with Gasteiger partial charge in [0.2, 0.25) is 5.91 Å². The van der Waals surface area contributed by atoms with Crippen molar-refractivity contribution >= 4 is 17.3 Å². The van der Waals surface area contributed by atoms with Crippen LogP contribution in [0.1, 0.15) is 20.3 Å². The van der Waals surface area contributed by atoms with E-state index < -0.39 is 11.0 Å². The van der Waals surface area contributed by atoms with Crippen LogP contribution in [0.2, 0.25) is 0 Å². The molecule has 2 N–H and O–H groups in total. The molecule has 1 aromatic carbocycles. The van der Waals surface area contributed by atoms with Crippen molar-refractivity contribution in [3.8, 4) is 6.07 Å². The van der Waals surface area contributed by atoms with Crippen LogP contribution in [0.3, 0.4) is 0 Å². The molecule has 1 aromatic rings. The maximum atomic E-state index is 12.0. The van der Waals surface area contributed by atoms with Gasteiger partial charge in [0.15, 0.2) is 0 Å². The minimum Gasteiger partial charge on any atom is -0.374 e. The van der Waals surface area contributed by atoms with Gasteiger partial charge in [0.25, 0.3) is 5.69 Å².